The second-order valence-electron chi connectivity index (χ2n) is 12.7. The Morgan fingerprint density at radius 2 is 1.06 bits per heavy atom. The molecule has 10 rings (SSSR count). The molecule has 2 aromatic heterocycles. The molecule has 0 aliphatic carbocycles. The van der Waals surface area contributed by atoms with Crippen molar-refractivity contribution in [3.63, 3.8) is 0 Å². The van der Waals surface area contributed by atoms with Crippen LogP contribution in [0.25, 0.3) is 94.1 Å². The van der Waals surface area contributed by atoms with Crippen LogP contribution in [0.1, 0.15) is 6.85 Å². The largest absolute Gasteiger partial charge is 0.292 e. The molecule has 0 N–H and O–H groups in total. The van der Waals surface area contributed by atoms with Crippen LogP contribution in [0, 0.1) is 0 Å². The van der Waals surface area contributed by atoms with E-state index in [2.05, 4.69) is 95.6 Å². The maximum Gasteiger partial charge on any atom is 0.165 e. The third-order valence-electron chi connectivity index (χ3n) is 9.63. The Morgan fingerprint density at radius 3 is 1.76 bits per heavy atom. The highest BCUT2D eigenvalue weighted by atomic mass is 15.1. The van der Waals surface area contributed by atoms with Crippen molar-refractivity contribution >= 4 is 43.9 Å². The number of aromatic nitrogens is 3. The van der Waals surface area contributed by atoms with Crippen LogP contribution in [0.5, 0.6) is 0 Å². The monoisotopic (exact) mass is 654 g/mol. The third-order valence-corrected chi connectivity index (χ3v) is 9.63. The van der Waals surface area contributed by atoms with Crippen LogP contribution < -0.4 is 0 Å². The fourth-order valence-corrected chi connectivity index (χ4v) is 7.20. The van der Waals surface area contributed by atoms with Gasteiger partial charge in [0.05, 0.1) is 23.4 Å². The molecule has 3 nitrogen and oxygen atoms in total. The lowest BCUT2D eigenvalue weighted by Gasteiger charge is -2.13. The van der Waals surface area contributed by atoms with Crippen molar-refractivity contribution in [2.24, 2.45) is 0 Å². The summed E-state index contributed by atoms with van der Waals surface area (Å²) in [5, 5.41) is 2.60. The van der Waals surface area contributed by atoms with Gasteiger partial charge in [-0.05, 0) is 110 Å². The summed E-state index contributed by atoms with van der Waals surface area (Å²) in [4.78, 5) is 10.3. The molecule has 0 bridgehead atoms. The third kappa shape index (κ3) is 5.06. The first-order valence-electron chi connectivity index (χ1n) is 19.4. The first kappa shape index (κ1) is 24.3. The van der Waals surface area contributed by atoms with Crippen LogP contribution in [-0.4, -0.2) is 14.5 Å². The van der Waals surface area contributed by atoms with Gasteiger partial charge >= 0.3 is 0 Å². The van der Waals surface area contributed by atoms with E-state index in [1.54, 1.807) is 0 Å². The molecule has 8 aromatic carbocycles. The fraction of sp³-hybridized carbons (Fsp3) is 0. The van der Waals surface area contributed by atoms with Crippen LogP contribution >= 0.6 is 0 Å². The van der Waals surface area contributed by atoms with Gasteiger partial charge in [-0.15, -0.1) is 0 Å². The Balaban J connectivity index is 1.21. The first-order chi connectivity index (χ1) is 27.3. The van der Waals surface area contributed by atoms with Crippen molar-refractivity contribution in [1.29, 1.82) is 0 Å². The molecule has 0 aliphatic heterocycles. The zero-order chi connectivity index (χ0) is 38.1. The van der Waals surface area contributed by atoms with E-state index >= 15 is 0 Å². The number of hydrogen-bond acceptors (Lipinski definition) is 2. The quantitative estimate of drug-likeness (QED) is 0.185. The molecule has 2 heterocycles. The summed E-state index contributed by atoms with van der Waals surface area (Å²) in [6.45, 7) is 0. The van der Waals surface area contributed by atoms with Gasteiger partial charge in [0, 0.05) is 11.1 Å². The molecule has 238 valence electrons. The molecule has 0 amide bonds. The molecule has 0 saturated carbocycles. The number of fused-ring (bicyclic) bond motifs is 5. The highest BCUT2D eigenvalue weighted by Gasteiger charge is 2.18. The summed E-state index contributed by atoms with van der Waals surface area (Å²) >= 11 is 0. The normalized spacial score (nSPS) is 12.9. The average Bonchev–Trinajstić information content (AvgIpc) is 3.56. The Bertz CT molecular complexity index is 3110. The molecular weight excluding hydrogens is 619 g/mol. The van der Waals surface area contributed by atoms with Crippen molar-refractivity contribution in [1.82, 2.24) is 14.5 Å². The molecule has 0 unspecified atom stereocenters. The van der Waals surface area contributed by atoms with Crippen LogP contribution in [-0.2, 0) is 0 Å². The Kier molecular flexibility index (Phi) is 5.69. The van der Waals surface area contributed by atoms with Gasteiger partial charge in [-0.2, -0.15) is 0 Å². The Hall–Kier alpha value is -6.84. The smallest absolute Gasteiger partial charge is 0.165 e. The van der Waals surface area contributed by atoms with Crippen LogP contribution in [0.3, 0.4) is 0 Å². The van der Waals surface area contributed by atoms with E-state index in [0.717, 1.165) is 82.9 Å². The molecule has 10 aromatic rings. The highest BCUT2D eigenvalue weighted by molar-refractivity contribution is 6.09. The van der Waals surface area contributed by atoms with Gasteiger partial charge in [-0.3, -0.25) is 4.57 Å². The average molecular weight is 655 g/mol. The maximum atomic E-state index is 8.67. The second kappa shape index (κ2) is 11.9. The Labute approximate surface area is 302 Å². The molecule has 0 saturated heterocycles. The molecular formula is C48H31N3. The van der Waals surface area contributed by atoms with Gasteiger partial charge in [0.1, 0.15) is 5.52 Å². The van der Waals surface area contributed by atoms with Crippen LogP contribution in [0.4, 0.5) is 0 Å². The van der Waals surface area contributed by atoms with Crippen molar-refractivity contribution < 1.29 is 6.85 Å². The number of nitrogens with zero attached hydrogens (tertiary/aromatic N) is 3. The van der Waals surface area contributed by atoms with Gasteiger partial charge < -0.3 is 0 Å². The molecule has 51 heavy (non-hydrogen) atoms. The second-order valence-corrected chi connectivity index (χ2v) is 12.7. The number of benzene rings is 8. The highest BCUT2D eigenvalue weighted by Crippen LogP contribution is 2.38. The van der Waals surface area contributed by atoms with Gasteiger partial charge in [0.25, 0.3) is 0 Å². The van der Waals surface area contributed by atoms with Crippen molar-refractivity contribution in [3.05, 3.63) is 188 Å². The first-order valence-corrected chi connectivity index (χ1v) is 16.9. The summed E-state index contributed by atoms with van der Waals surface area (Å²) in [5.41, 5.74) is 12.3. The van der Waals surface area contributed by atoms with Crippen LogP contribution in [0.15, 0.2) is 188 Å². The van der Waals surface area contributed by atoms with E-state index in [-0.39, 0.29) is 29.7 Å². The minimum absolute atomic E-state index is 0.181. The minimum atomic E-state index is -0.409. The molecule has 0 atom stereocenters. The summed E-state index contributed by atoms with van der Waals surface area (Å²) in [6, 6.07) is 52.2. The van der Waals surface area contributed by atoms with E-state index in [9.17, 15) is 0 Å². The minimum Gasteiger partial charge on any atom is -0.292 e. The molecule has 0 aliphatic rings. The predicted octanol–water partition coefficient (Wildman–Crippen LogP) is 12.5. The summed E-state index contributed by atoms with van der Waals surface area (Å²) < 4.78 is 44.2. The van der Waals surface area contributed by atoms with E-state index in [0.29, 0.717) is 5.56 Å². The lowest BCUT2D eigenvalue weighted by atomic mass is 9.93. The van der Waals surface area contributed by atoms with E-state index in [1.807, 2.05) is 66.7 Å². The van der Waals surface area contributed by atoms with Crippen molar-refractivity contribution in [2.75, 3.05) is 0 Å². The maximum absolute atomic E-state index is 8.67. The predicted molar refractivity (Wildman–Crippen MR) is 213 cm³/mol. The number of rotatable bonds is 5. The Morgan fingerprint density at radius 1 is 0.431 bits per heavy atom. The zero-order valence-corrected chi connectivity index (χ0v) is 27.4. The van der Waals surface area contributed by atoms with E-state index in [1.165, 1.54) is 0 Å². The van der Waals surface area contributed by atoms with E-state index in [4.69, 9.17) is 16.8 Å². The molecule has 0 spiro atoms. The van der Waals surface area contributed by atoms with Gasteiger partial charge in [-0.25, -0.2) is 9.97 Å². The summed E-state index contributed by atoms with van der Waals surface area (Å²) in [7, 11) is 0. The molecule has 0 radical (unpaired) electrons. The molecule has 0 fully saturated rings. The summed E-state index contributed by atoms with van der Waals surface area (Å²) in [6.07, 6.45) is 0. The topological polar surface area (TPSA) is 30.7 Å². The van der Waals surface area contributed by atoms with Crippen LogP contribution in [0.2, 0.25) is 0 Å². The van der Waals surface area contributed by atoms with E-state index < -0.39 is 6.04 Å². The standard InChI is InChI=1S/C48H31N3/c1-4-13-32(14-5-1)37-27-38(33-15-6-2-7-16-33)29-39(28-37)35-23-25-43-46(31-35)51(48-47(43)49-44-21-10-11-22-45(44)50-48)40-24-26-42-36(30-40)19-12-20-41(42)34-17-8-3-9-18-34/h1-31H/i3D,8D,9D,17D,18D. The number of para-hydroxylation sites is 2. The lowest BCUT2D eigenvalue weighted by Crippen LogP contribution is -1.97. The number of hydrogen-bond donors (Lipinski definition) is 0. The molecule has 3 heteroatoms. The van der Waals surface area contributed by atoms with Gasteiger partial charge in [-0.1, -0.05) is 133 Å². The SMILES string of the molecule is [2H]c1c([2H])c([2H])c(-c2cccc3cc(-n4c5cc(-c6cc(-c7ccccc7)cc(-c7ccccc7)c6)ccc5c5nc6ccccc6nc54)ccc23)c([2H])c1[2H]. The zero-order valence-electron chi connectivity index (χ0n) is 32.4. The fourth-order valence-electron chi connectivity index (χ4n) is 7.20. The van der Waals surface area contributed by atoms with Crippen molar-refractivity contribution in [2.45, 2.75) is 0 Å². The lowest BCUT2D eigenvalue weighted by molar-refractivity contribution is 1.14. The van der Waals surface area contributed by atoms with Crippen molar-refractivity contribution in [3.8, 4) is 50.2 Å². The summed E-state index contributed by atoms with van der Waals surface area (Å²) in [5.74, 6) is 0. The van der Waals surface area contributed by atoms with Gasteiger partial charge in [0.2, 0.25) is 0 Å². The van der Waals surface area contributed by atoms with Gasteiger partial charge in [0.15, 0.2) is 5.65 Å².